The van der Waals surface area contributed by atoms with Crippen molar-refractivity contribution in [2.75, 3.05) is 6.26 Å². The first kappa shape index (κ1) is 12.6. The topological polar surface area (TPSA) is 38.9 Å². The molecule has 0 aliphatic carbocycles. The van der Waals surface area contributed by atoms with Crippen molar-refractivity contribution in [3.8, 4) is 10.6 Å². The van der Waals surface area contributed by atoms with Crippen molar-refractivity contribution in [1.29, 1.82) is 0 Å². The summed E-state index contributed by atoms with van der Waals surface area (Å²) >= 11 is 3.44. The minimum Gasteiger partial charge on any atom is -0.323 e. The van der Waals surface area contributed by atoms with Crippen LogP contribution < -0.4 is 5.73 Å². The second-order valence-corrected chi connectivity index (χ2v) is 5.90. The van der Waals surface area contributed by atoms with Gasteiger partial charge in [0.15, 0.2) is 0 Å². The van der Waals surface area contributed by atoms with Gasteiger partial charge in [-0.2, -0.15) is 0 Å². The summed E-state index contributed by atoms with van der Waals surface area (Å²) in [4.78, 5) is 7.04. The van der Waals surface area contributed by atoms with Crippen LogP contribution in [0.1, 0.15) is 23.5 Å². The van der Waals surface area contributed by atoms with Crippen LogP contribution >= 0.6 is 23.1 Å². The van der Waals surface area contributed by atoms with E-state index in [2.05, 4.69) is 35.5 Å². The summed E-state index contributed by atoms with van der Waals surface area (Å²) in [7, 11) is 0. The largest absolute Gasteiger partial charge is 0.323 e. The minimum atomic E-state index is 0.0618. The fourth-order valence-corrected chi connectivity index (χ4v) is 3.12. The van der Waals surface area contributed by atoms with Crippen LogP contribution in [0.3, 0.4) is 0 Å². The van der Waals surface area contributed by atoms with Crippen molar-refractivity contribution in [2.45, 2.75) is 24.8 Å². The van der Waals surface area contributed by atoms with E-state index in [9.17, 15) is 0 Å². The number of benzene rings is 1. The van der Waals surface area contributed by atoms with Crippen molar-refractivity contribution in [3.05, 3.63) is 34.8 Å². The molecule has 90 valence electrons. The quantitative estimate of drug-likeness (QED) is 0.856. The monoisotopic (exact) mass is 264 g/mol. The van der Waals surface area contributed by atoms with E-state index in [4.69, 9.17) is 5.73 Å². The lowest BCUT2D eigenvalue weighted by molar-refractivity contribution is 0.825. The van der Waals surface area contributed by atoms with E-state index in [1.165, 1.54) is 15.3 Å². The van der Waals surface area contributed by atoms with E-state index >= 15 is 0 Å². The van der Waals surface area contributed by atoms with Crippen molar-refractivity contribution in [2.24, 2.45) is 5.73 Å². The van der Waals surface area contributed by atoms with E-state index in [-0.39, 0.29) is 6.04 Å². The average molecular weight is 264 g/mol. The molecular weight excluding hydrogens is 248 g/mol. The molecular formula is C13H16N2S2. The molecule has 0 spiro atoms. The molecule has 1 unspecified atom stereocenters. The maximum atomic E-state index is 5.92. The number of rotatable bonds is 3. The van der Waals surface area contributed by atoms with Crippen LogP contribution in [0.5, 0.6) is 0 Å². The molecule has 2 aromatic rings. The van der Waals surface area contributed by atoms with Gasteiger partial charge in [0.25, 0.3) is 0 Å². The molecule has 17 heavy (non-hydrogen) atoms. The zero-order chi connectivity index (χ0) is 12.4. The lowest BCUT2D eigenvalue weighted by atomic mass is 10.2. The highest BCUT2D eigenvalue weighted by Gasteiger charge is 2.12. The Balaban J connectivity index is 2.36. The number of nitrogens with zero attached hydrogens (tertiary/aromatic N) is 1. The Bertz CT molecular complexity index is 501. The molecule has 0 bridgehead atoms. The lowest BCUT2D eigenvalue weighted by Gasteiger charge is -2.00. The summed E-state index contributed by atoms with van der Waals surface area (Å²) in [6, 6.07) is 8.56. The zero-order valence-electron chi connectivity index (χ0n) is 10.2. The number of hydrogen-bond acceptors (Lipinski definition) is 4. The van der Waals surface area contributed by atoms with Crippen molar-refractivity contribution >= 4 is 23.1 Å². The number of aryl methyl sites for hydroxylation is 1. The van der Waals surface area contributed by atoms with Gasteiger partial charge in [-0.05, 0) is 32.2 Å². The Labute approximate surface area is 110 Å². The molecule has 0 fully saturated rings. The van der Waals surface area contributed by atoms with Gasteiger partial charge < -0.3 is 5.73 Å². The average Bonchev–Trinajstić information content (AvgIpc) is 2.71. The molecule has 4 heteroatoms. The third-order valence-corrected chi connectivity index (χ3v) is 4.73. The molecule has 0 radical (unpaired) electrons. The van der Waals surface area contributed by atoms with E-state index < -0.39 is 0 Å². The summed E-state index contributed by atoms with van der Waals surface area (Å²) in [6.45, 7) is 4.02. The Morgan fingerprint density at radius 3 is 2.41 bits per heavy atom. The van der Waals surface area contributed by atoms with Gasteiger partial charge in [-0.1, -0.05) is 12.1 Å². The van der Waals surface area contributed by atoms with Crippen molar-refractivity contribution in [3.63, 3.8) is 0 Å². The van der Waals surface area contributed by atoms with Gasteiger partial charge in [-0.15, -0.1) is 23.1 Å². The summed E-state index contributed by atoms with van der Waals surface area (Å²) in [5, 5.41) is 1.06. The number of thioether (sulfide) groups is 1. The maximum Gasteiger partial charge on any atom is 0.123 e. The molecule has 0 aliphatic rings. The molecule has 0 amide bonds. The van der Waals surface area contributed by atoms with Crippen LogP contribution in [0.25, 0.3) is 10.6 Å². The first-order valence-electron chi connectivity index (χ1n) is 5.49. The van der Waals surface area contributed by atoms with Crippen LogP contribution in [0.15, 0.2) is 29.2 Å². The highest BCUT2D eigenvalue weighted by atomic mass is 32.2. The molecule has 1 aromatic heterocycles. The lowest BCUT2D eigenvalue weighted by Crippen LogP contribution is -2.03. The fourth-order valence-electron chi connectivity index (χ4n) is 1.69. The first-order valence-corrected chi connectivity index (χ1v) is 7.53. The molecule has 0 saturated heterocycles. The summed E-state index contributed by atoms with van der Waals surface area (Å²) in [5.41, 5.74) is 8.14. The maximum absolute atomic E-state index is 5.92. The Morgan fingerprint density at radius 2 is 1.94 bits per heavy atom. The molecule has 2 nitrogen and oxygen atoms in total. The van der Waals surface area contributed by atoms with Crippen molar-refractivity contribution < 1.29 is 0 Å². The fraction of sp³-hybridized carbons (Fsp3) is 0.308. The third-order valence-electron chi connectivity index (χ3n) is 2.58. The van der Waals surface area contributed by atoms with Crippen LogP contribution in [0.4, 0.5) is 0 Å². The molecule has 0 aliphatic heterocycles. The Morgan fingerprint density at radius 1 is 1.29 bits per heavy atom. The minimum absolute atomic E-state index is 0.0618. The molecule has 1 aromatic carbocycles. The number of hydrogen-bond donors (Lipinski definition) is 1. The predicted molar refractivity (Wildman–Crippen MR) is 76.7 cm³/mol. The van der Waals surface area contributed by atoms with Crippen LogP contribution in [-0.2, 0) is 0 Å². The van der Waals surface area contributed by atoms with Crippen LogP contribution in [0, 0.1) is 6.92 Å². The molecule has 1 heterocycles. The normalized spacial score (nSPS) is 12.7. The van der Waals surface area contributed by atoms with E-state index in [0.29, 0.717) is 0 Å². The van der Waals surface area contributed by atoms with Crippen LogP contribution in [0.2, 0.25) is 0 Å². The molecule has 2 N–H and O–H groups in total. The molecule has 1 atom stereocenters. The summed E-state index contributed by atoms with van der Waals surface area (Å²) in [6.07, 6.45) is 2.08. The van der Waals surface area contributed by atoms with Crippen molar-refractivity contribution in [1.82, 2.24) is 4.98 Å². The highest BCUT2D eigenvalue weighted by Crippen LogP contribution is 2.31. The van der Waals surface area contributed by atoms with Gasteiger partial charge in [-0.25, -0.2) is 4.98 Å². The van der Waals surface area contributed by atoms with Gasteiger partial charge in [0.2, 0.25) is 0 Å². The van der Waals surface area contributed by atoms with Crippen LogP contribution in [-0.4, -0.2) is 11.2 Å². The van der Waals surface area contributed by atoms with E-state index in [1.54, 1.807) is 23.1 Å². The standard InChI is InChI=1S/C13H16N2S2/c1-8(14)12-9(2)15-13(17-12)10-4-6-11(16-3)7-5-10/h4-8H,14H2,1-3H3. The number of thiazole rings is 1. The molecule has 2 rings (SSSR count). The van der Waals surface area contributed by atoms with Gasteiger partial charge in [0, 0.05) is 21.4 Å². The number of aromatic nitrogens is 1. The van der Waals surface area contributed by atoms with E-state index in [0.717, 1.165) is 10.7 Å². The highest BCUT2D eigenvalue weighted by molar-refractivity contribution is 7.98. The third kappa shape index (κ3) is 2.70. The van der Waals surface area contributed by atoms with Gasteiger partial charge >= 0.3 is 0 Å². The number of nitrogens with two attached hydrogens (primary N) is 1. The first-order chi connectivity index (χ1) is 8.11. The van der Waals surface area contributed by atoms with E-state index in [1.807, 2.05) is 13.8 Å². The summed E-state index contributed by atoms with van der Waals surface area (Å²) < 4.78 is 0. The van der Waals surface area contributed by atoms with Gasteiger partial charge in [-0.3, -0.25) is 0 Å². The van der Waals surface area contributed by atoms with Gasteiger partial charge in [0.1, 0.15) is 5.01 Å². The van der Waals surface area contributed by atoms with Gasteiger partial charge in [0.05, 0.1) is 5.69 Å². The zero-order valence-corrected chi connectivity index (χ0v) is 11.9. The second-order valence-electron chi connectivity index (χ2n) is 3.99. The Hall–Kier alpha value is -0.840. The predicted octanol–water partition coefficient (Wildman–Crippen LogP) is 3.86. The summed E-state index contributed by atoms with van der Waals surface area (Å²) in [5.74, 6) is 0. The SMILES string of the molecule is CSc1ccc(-c2nc(C)c(C(C)N)s2)cc1. The molecule has 0 saturated carbocycles. The second kappa shape index (κ2) is 5.21. The smallest absolute Gasteiger partial charge is 0.123 e. The Kier molecular flexibility index (Phi) is 3.86.